The molecule has 4 heteroatoms. The summed E-state index contributed by atoms with van der Waals surface area (Å²) in [4.78, 5) is 6.97. The molecule has 0 bridgehead atoms. The average Bonchev–Trinajstić information content (AvgIpc) is 2.92. The van der Waals surface area contributed by atoms with Gasteiger partial charge < -0.3 is 10.2 Å². The van der Waals surface area contributed by atoms with Gasteiger partial charge in [0, 0.05) is 37.8 Å². The zero-order chi connectivity index (χ0) is 14.9. The van der Waals surface area contributed by atoms with Gasteiger partial charge in [0.15, 0.2) is 5.17 Å². The van der Waals surface area contributed by atoms with Gasteiger partial charge in [0.05, 0.1) is 0 Å². The molecule has 1 heterocycles. The average molecular weight is 303 g/mol. The van der Waals surface area contributed by atoms with Crippen LogP contribution < -0.4 is 10.2 Å². The number of rotatable bonds is 2. The zero-order valence-electron chi connectivity index (χ0n) is 13.3. The Morgan fingerprint density at radius 3 is 2.62 bits per heavy atom. The van der Waals surface area contributed by atoms with Crippen molar-refractivity contribution in [2.75, 3.05) is 36.6 Å². The molecule has 3 nitrogen and oxygen atoms in total. The topological polar surface area (TPSA) is 27.6 Å². The molecular formula is C17H25N3S. The number of aryl methyl sites for hydroxylation is 1. The van der Waals surface area contributed by atoms with E-state index in [4.69, 9.17) is 4.99 Å². The Hall–Kier alpha value is -1.16. The summed E-state index contributed by atoms with van der Waals surface area (Å²) < 4.78 is 0. The number of nitrogens with zero attached hydrogens (tertiary/aromatic N) is 2. The fourth-order valence-electron chi connectivity index (χ4n) is 3.35. The van der Waals surface area contributed by atoms with Gasteiger partial charge in [-0.2, -0.15) is 0 Å². The highest BCUT2D eigenvalue weighted by molar-refractivity contribution is 8.14. The van der Waals surface area contributed by atoms with Crippen LogP contribution in [-0.4, -0.2) is 31.6 Å². The standard InChI is InChI=1S/C17H25N3S/c1-13-6-7-14(10-15(13)20(2)3)19-16-18-11-17(12-21-16)8-4-5-9-17/h6-7,10H,4-5,8-9,11-12H2,1-3H3,(H,18,19). The van der Waals surface area contributed by atoms with Crippen LogP contribution in [0.25, 0.3) is 0 Å². The normalized spacial score (nSPS) is 20.4. The summed E-state index contributed by atoms with van der Waals surface area (Å²) in [6, 6.07) is 6.52. The summed E-state index contributed by atoms with van der Waals surface area (Å²) in [5, 5.41) is 4.58. The number of benzene rings is 1. The van der Waals surface area contributed by atoms with E-state index in [2.05, 4.69) is 49.4 Å². The van der Waals surface area contributed by atoms with Crippen LogP contribution in [0.5, 0.6) is 0 Å². The Balaban J connectivity index is 1.70. The van der Waals surface area contributed by atoms with Crippen LogP contribution in [-0.2, 0) is 0 Å². The minimum atomic E-state index is 0.512. The summed E-state index contributed by atoms with van der Waals surface area (Å²) in [5.41, 5.74) is 4.21. The molecule has 1 saturated carbocycles. The second kappa shape index (κ2) is 5.91. The Morgan fingerprint density at radius 1 is 1.24 bits per heavy atom. The van der Waals surface area contributed by atoms with Crippen LogP contribution in [0.15, 0.2) is 23.2 Å². The predicted molar refractivity (Wildman–Crippen MR) is 94.8 cm³/mol. The Morgan fingerprint density at radius 2 is 2.00 bits per heavy atom. The maximum Gasteiger partial charge on any atom is 0.161 e. The first-order chi connectivity index (χ1) is 10.1. The van der Waals surface area contributed by atoms with Crippen molar-refractivity contribution in [2.45, 2.75) is 32.6 Å². The third-order valence-corrected chi connectivity index (χ3v) is 5.94. The van der Waals surface area contributed by atoms with Gasteiger partial charge in [-0.25, -0.2) is 0 Å². The van der Waals surface area contributed by atoms with Gasteiger partial charge in [-0.1, -0.05) is 30.7 Å². The summed E-state index contributed by atoms with van der Waals surface area (Å²) >= 11 is 1.90. The Bertz CT molecular complexity index is 545. The minimum Gasteiger partial charge on any atom is -0.377 e. The first-order valence-corrected chi connectivity index (χ1v) is 8.79. The lowest BCUT2D eigenvalue weighted by molar-refractivity contribution is 0.359. The van der Waals surface area contributed by atoms with Crippen molar-refractivity contribution in [1.29, 1.82) is 0 Å². The first kappa shape index (κ1) is 14.8. The number of anilines is 2. The molecule has 0 saturated heterocycles. The number of thioether (sulfide) groups is 1. The summed E-state index contributed by atoms with van der Waals surface area (Å²) in [5.74, 6) is 1.23. The molecule has 1 aromatic carbocycles. The van der Waals surface area contributed by atoms with Crippen molar-refractivity contribution in [2.24, 2.45) is 10.4 Å². The van der Waals surface area contributed by atoms with Gasteiger partial charge in [-0.15, -0.1) is 0 Å². The maximum atomic E-state index is 4.81. The van der Waals surface area contributed by atoms with Gasteiger partial charge in [0.1, 0.15) is 0 Å². The quantitative estimate of drug-likeness (QED) is 0.890. The highest BCUT2D eigenvalue weighted by Gasteiger charge is 2.36. The summed E-state index contributed by atoms with van der Waals surface area (Å²) in [6.45, 7) is 3.16. The van der Waals surface area contributed by atoms with E-state index in [1.54, 1.807) is 0 Å². The number of hydrogen-bond donors (Lipinski definition) is 1. The van der Waals surface area contributed by atoms with Crippen LogP contribution in [0.3, 0.4) is 0 Å². The third-order valence-electron chi connectivity index (χ3n) is 4.68. The van der Waals surface area contributed by atoms with Gasteiger partial charge in [0.2, 0.25) is 0 Å². The molecule has 3 rings (SSSR count). The molecule has 1 aromatic rings. The van der Waals surface area contributed by atoms with E-state index in [1.165, 1.54) is 42.7 Å². The number of nitrogens with one attached hydrogen (secondary N) is 1. The van der Waals surface area contributed by atoms with Crippen molar-refractivity contribution in [3.63, 3.8) is 0 Å². The smallest absolute Gasteiger partial charge is 0.161 e. The van der Waals surface area contributed by atoms with E-state index in [1.807, 2.05) is 11.8 Å². The second-order valence-corrected chi connectivity index (χ2v) is 7.60. The highest BCUT2D eigenvalue weighted by Crippen LogP contribution is 2.43. The molecule has 1 spiro atoms. The molecule has 0 atom stereocenters. The van der Waals surface area contributed by atoms with E-state index in [0.717, 1.165) is 17.4 Å². The van der Waals surface area contributed by atoms with Crippen molar-refractivity contribution >= 4 is 28.3 Å². The molecule has 114 valence electrons. The Kier molecular flexibility index (Phi) is 4.16. The molecule has 21 heavy (non-hydrogen) atoms. The molecule has 2 aliphatic rings. The molecule has 0 radical (unpaired) electrons. The fourth-order valence-corrected chi connectivity index (χ4v) is 4.52. The van der Waals surface area contributed by atoms with Gasteiger partial charge in [-0.3, -0.25) is 4.99 Å². The predicted octanol–water partition coefficient (Wildman–Crippen LogP) is 4.14. The zero-order valence-corrected chi connectivity index (χ0v) is 14.1. The third kappa shape index (κ3) is 3.20. The SMILES string of the molecule is Cc1ccc(NC2=NCC3(CCCC3)CS2)cc1N(C)C. The molecule has 1 aliphatic carbocycles. The van der Waals surface area contributed by atoms with Crippen molar-refractivity contribution < 1.29 is 0 Å². The van der Waals surface area contributed by atoms with E-state index in [9.17, 15) is 0 Å². The van der Waals surface area contributed by atoms with Gasteiger partial charge in [0.25, 0.3) is 0 Å². The second-order valence-electron chi connectivity index (χ2n) is 6.64. The van der Waals surface area contributed by atoms with Crippen LogP contribution in [0.1, 0.15) is 31.2 Å². The van der Waals surface area contributed by atoms with E-state index in [-0.39, 0.29) is 0 Å². The molecule has 0 amide bonds. The lowest BCUT2D eigenvalue weighted by Gasteiger charge is -2.31. The van der Waals surface area contributed by atoms with Gasteiger partial charge in [-0.05, 0) is 42.9 Å². The number of amidine groups is 1. The first-order valence-electron chi connectivity index (χ1n) is 7.80. The van der Waals surface area contributed by atoms with Gasteiger partial charge >= 0.3 is 0 Å². The van der Waals surface area contributed by atoms with Crippen molar-refractivity contribution in [3.8, 4) is 0 Å². The van der Waals surface area contributed by atoms with Crippen molar-refractivity contribution in [1.82, 2.24) is 0 Å². The number of aliphatic imine (C=N–C) groups is 1. The Labute approximate surface area is 132 Å². The largest absolute Gasteiger partial charge is 0.377 e. The molecule has 0 unspecified atom stereocenters. The molecular weight excluding hydrogens is 278 g/mol. The van der Waals surface area contributed by atoms with E-state index in [0.29, 0.717) is 5.41 Å². The summed E-state index contributed by atoms with van der Waals surface area (Å²) in [7, 11) is 4.17. The molecule has 1 fully saturated rings. The molecule has 0 aromatic heterocycles. The van der Waals surface area contributed by atoms with Crippen LogP contribution in [0, 0.1) is 12.3 Å². The lowest BCUT2D eigenvalue weighted by Crippen LogP contribution is -2.30. The fraction of sp³-hybridized carbons (Fsp3) is 0.588. The minimum absolute atomic E-state index is 0.512. The maximum absolute atomic E-state index is 4.81. The lowest BCUT2D eigenvalue weighted by atomic mass is 9.89. The van der Waals surface area contributed by atoms with Crippen molar-refractivity contribution in [3.05, 3.63) is 23.8 Å². The molecule has 1 N–H and O–H groups in total. The number of hydrogen-bond acceptors (Lipinski definition) is 4. The van der Waals surface area contributed by atoms with Crippen LogP contribution >= 0.6 is 11.8 Å². The molecule has 1 aliphatic heterocycles. The van der Waals surface area contributed by atoms with Crippen LogP contribution in [0.4, 0.5) is 11.4 Å². The summed E-state index contributed by atoms with van der Waals surface area (Å²) in [6.07, 6.45) is 5.52. The monoisotopic (exact) mass is 303 g/mol. The van der Waals surface area contributed by atoms with E-state index < -0.39 is 0 Å². The van der Waals surface area contributed by atoms with Crippen LogP contribution in [0.2, 0.25) is 0 Å². The van der Waals surface area contributed by atoms with E-state index >= 15 is 0 Å². The highest BCUT2D eigenvalue weighted by atomic mass is 32.2.